The Morgan fingerprint density at radius 1 is 1.26 bits per heavy atom. The van der Waals surface area contributed by atoms with Crippen LogP contribution in [-0.4, -0.2) is 15.6 Å². The Labute approximate surface area is 115 Å². The SMILES string of the molecule is Cn1nc(-c2cc(Cl)c3c(c2)OC(C)(C)O3)cc1N. The van der Waals surface area contributed by atoms with Gasteiger partial charge in [-0.25, -0.2) is 0 Å². The van der Waals surface area contributed by atoms with Gasteiger partial charge in [0.25, 0.3) is 0 Å². The summed E-state index contributed by atoms with van der Waals surface area (Å²) in [6.45, 7) is 3.67. The standard InChI is InChI=1S/C13H14ClN3O2/c1-13(2)18-10-5-7(4-8(14)12(10)19-13)9-6-11(15)17(3)16-9/h4-6H,15H2,1-3H3. The van der Waals surface area contributed by atoms with Gasteiger partial charge in [-0.15, -0.1) is 0 Å². The Morgan fingerprint density at radius 2 is 2.00 bits per heavy atom. The first-order valence-electron chi connectivity index (χ1n) is 5.87. The summed E-state index contributed by atoms with van der Waals surface area (Å²) in [6, 6.07) is 5.45. The predicted octanol–water partition coefficient (Wildman–Crippen LogP) is 2.83. The molecule has 5 nitrogen and oxygen atoms in total. The van der Waals surface area contributed by atoms with E-state index in [1.54, 1.807) is 23.9 Å². The van der Waals surface area contributed by atoms with Crippen LogP contribution in [0, 0.1) is 0 Å². The van der Waals surface area contributed by atoms with Crippen molar-refractivity contribution in [3.05, 3.63) is 23.2 Å². The largest absolute Gasteiger partial charge is 0.449 e. The molecule has 2 heterocycles. The van der Waals surface area contributed by atoms with Gasteiger partial charge in [-0.2, -0.15) is 5.10 Å². The minimum Gasteiger partial charge on any atom is -0.449 e. The van der Waals surface area contributed by atoms with E-state index in [1.165, 1.54) is 0 Å². The second-order valence-corrected chi connectivity index (χ2v) is 5.37. The van der Waals surface area contributed by atoms with E-state index < -0.39 is 5.79 Å². The second-order valence-electron chi connectivity index (χ2n) is 4.97. The van der Waals surface area contributed by atoms with Crippen LogP contribution in [0.1, 0.15) is 13.8 Å². The van der Waals surface area contributed by atoms with Crippen LogP contribution in [0.4, 0.5) is 5.82 Å². The molecule has 6 heteroatoms. The number of anilines is 1. The maximum Gasteiger partial charge on any atom is 0.246 e. The quantitative estimate of drug-likeness (QED) is 0.872. The predicted molar refractivity (Wildman–Crippen MR) is 73.4 cm³/mol. The summed E-state index contributed by atoms with van der Waals surface area (Å²) >= 11 is 6.23. The molecular formula is C13H14ClN3O2. The molecule has 0 spiro atoms. The Bertz CT molecular complexity index is 645. The molecule has 0 saturated heterocycles. The number of hydrogen-bond acceptors (Lipinski definition) is 4. The molecule has 0 fully saturated rings. The minimum atomic E-state index is -0.701. The molecule has 0 amide bonds. The number of aryl methyl sites for hydroxylation is 1. The molecule has 0 bridgehead atoms. The highest BCUT2D eigenvalue weighted by Gasteiger charge is 2.34. The van der Waals surface area contributed by atoms with Crippen molar-refractivity contribution in [3.63, 3.8) is 0 Å². The van der Waals surface area contributed by atoms with E-state index in [1.807, 2.05) is 19.9 Å². The van der Waals surface area contributed by atoms with Crippen LogP contribution in [0.25, 0.3) is 11.3 Å². The van der Waals surface area contributed by atoms with Crippen molar-refractivity contribution in [3.8, 4) is 22.8 Å². The number of halogens is 1. The molecule has 0 saturated carbocycles. The average Bonchev–Trinajstić information content (AvgIpc) is 2.79. The number of ether oxygens (including phenoxy) is 2. The van der Waals surface area contributed by atoms with Crippen LogP contribution >= 0.6 is 11.6 Å². The lowest BCUT2D eigenvalue weighted by atomic mass is 10.1. The van der Waals surface area contributed by atoms with Crippen LogP contribution in [-0.2, 0) is 7.05 Å². The minimum absolute atomic E-state index is 0.502. The van der Waals surface area contributed by atoms with Crippen LogP contribution in [0.5, 0.6) is 11.5 Å². The fourth-order valence-electron chi connectivity index (χ4n) is 2.05. The molecule has 19 heavy (non-hydrogen) atoms. The molecule has 0 atom stereocenters. The van der Waals surface area contributed by atoms with Gasteiger partial charge in [-0.1, -0.05) is 11.6 Å². The molecule has 1 aliphatic rings. The molecule has 2 N–H and O–H groups in total. The van der Waals surface area contributed by atoms with E-state index >= 15 is 0 Å². The summed E-state index contributed by atoms with van der Waals surface area (Å²) in [7, 11) is 1.79. The molecule has 3 rings (SSSR count). The average molecular weight is 280 g/mol. The Hall–Kier alpha value is -1.88. The summed E-state index contributed by atoms with van der Waals surface area (Å²) in [5.41, 5.74) is 7.38. The third-order valence-electron chi connectivity index (χ3n) is 2.92. The molecule has 0 unspecified atom stereocenters. The summed E-state index contributed by atoms with van der Waals surface area (Å²) in [5, 5.41) is 4.82. The Kier molecular flexibility index (Phi) is 2.44. The van der Waals surface area contributed by atoms with Crippen molar-refractivity contribution in [2.45, 2.75) is 19.6 Å². The smallest absolute Gasteiger partial charge is 0.246 e. The van der Waals surface area contributed by atoms with Crippen LogP contribution in [0.2, 0.25) is 5.02 Å². The zero-order valence-electron chi connectivity index (χ0n) is 10.9. The molecular weight excluding hydrogens is 266 g/mol. The number of benzene rings is 1. The van der Waals surface area contributed by atoms with Crippen LogP contribution in [0.3, 0.4) is 0 Å². The van der Waals surface area contributed by atoms with Gasteiger partial charge in [0, 0.05) is 32.5 Å². The first-order chi connectivity index (χ1) is 8.85. The van der Waals surface area contributed by atoms with Gasteiger partial charge in [0.15, 0.2) is 11.5 Å². The van der Waals surface area contributed by atoms with Crippen molar-refractivity contribution in [1.29, 1.82) is 0 Å². The normalized spacial score (nSPS) is 15.8. The van der Waals surface area contributed by atoms with Gasteiger partial charge in [0.1, 0.15) is 5.82 Å². The van der Waals surface area contributed by atoms with Crippen LogP contribution in [0.15, 0.2) is 18.2 Å². The fourth-order valence-corrected chi connectivity index (χ4v) is 2.29. The summed E-state index contributed by atoms with van der Waals surface area (Å²) in [5.74, 6) is 1.08. The summed E-state index contributed by atoms with van der Waals surface area (Å²) in [6.07, 6.45) is 0. The third kappa shape index (κ3) is 2.00. The van der Waals surface area contributed by atoms with Gasteiger partial charge >= 0.3 is 0 Å². The lowest BCUT2D eigenvalue weighted by Crippen LogP contribution is -2.29. The van der Waals surface area contributed by atoms with Crippen LogP contribution < -0.4 is 15.2 Å². The molecule has 2 aromatic rings. The molecule has 1 aromatic heterocycles. The van der Waals surface area contributed by atoms with Gasteiger partial charge in [-0.3, -0.25) is 4.68 Å². The van der Waals surface area contributed by atoms with Gasteiger partial charge in [0.05, 0.1) is 10.7 Å². The van der Waals surface area contributed by atoms with Crippen molar-refractivity contribution in [1.82, 2.24) is 9.78 Å². The molecule has 0 aliphatic carbocycles. The lowest BCUT2D eigenvalue weighted by Gasteiger charge is -2.16. The zero-order chi connectivity index (χ0) is 13.8. The van der Waals surface area contributed by atoms with Crippen molar-refractivity contribution in [2.75, 3.05) is 5.73 Å². The van der Waals surface area contributed by atoms with E-state index in [2.05, 4.69) is 5.10 Å². The molecule has 1 aromatic carbocycles. The number of fused-ring (bicyclic) bond motifs is 1. The molecule has 0 radical (unpaired) electrons. The summed E-state index contributed by atoms with van der Waals surface area (Å²) < 4.78 is 13.0. The number of rotatable bonds is 1. The van der Waals surface area contributed by atoms with Gasteiger partial charge in [0.2, 0.25) is 5.79 Å². The topological polar surface area (TPSA) is 62.3 Å². The number of nitrogens with two attached hydrogens (primary N) is 1. The van der Waals surface area contributed by atoms with E-state index in [4.69, 9.17) is 26.8 Å². The zero-order valence-corrected chi connectivity index (χ0v) is 11.7. The summed E-state index contributed by atoms with van der Waals surface area (Å²) in [4.78, 5) is 0. The number of hydrogen-bond donors (Lipinski definition) is 1. The van der Waals surface area contributed by atoms with E-state index in [-0.39, 0.29) is 0 Å². The van der Waals surface area contributed by atoms with E-state index in [0.29, 0.717) is 22.3 Å². The number of nitrogen functional groups attached to an aromatic ring is 1. The van der Waals surface area contributed by atoms with E-state index in [9.17, 15) is 0 Å². The maximum atomic E-state index is 6.23. The highest BCUT2D eigenvalue weighted by molar-refractivity contribution is 6.32. The second kappa shape index (κ2) is 3.81. The molecule has 1 aliphatic heterocycles. The Balaban J connectivity index is 2.09. The van der Waals surface area contributed by atoms with E-state index in [0.717, 1.165) is 11.3 Å². The van der Waals surface area contributed by atoms with Gasteiger partial charge in [-0.05, 0) is 12.1 Å². The number of nitrogens with zero attached hydrogens (tertiary/aromatic N) is 2. The van der Waals surface area contributed by atoms with Crippen molar-refractivity contribution >= 4 is 17.4 Å². The Morgan fingerprint density at radius 3 is 2.63 bits per heavy atom. The number of aromatic nitrogens is 2. The first kappa shape index (κ1) is 12.2. The third-order valence-corrected chi connectivity index (χ3v) is 3.21. The monoisotopic (exact) mass is 279 g/mol. The highest BCUT2D eigenvalue weighted by atomic mass is 35.5. The maximum absolute atomic E-state index is 6.23. The van der Waals surface area contributed by atoms with Crippen molar-refractivity contribution < 1.29 is 9.47 Å². The molecule has 100 valence electrons. The highest BCUT2D eigenvalue weighted by Crippen LogP contribution is 2.46. The lowest BCUT2D eigenvalue weighted by molar-refractivity contribution is -0.0431. The first-order valence-corrected chi connectivity index (χ1v) is 6.25. The van der Waals surface area contributed by atoms with Gasteiger partial charge < -0.3 is 15.2 Å². The van der Waals surface area contributed by atoms with Crippen molar-refractivity contribution in [2.24, 2.45) is 7.05 Å². The fraction of sp³-hybridized carbons (Fsp3) is 0.308.